The summed E-state index contributed by atoms with van der Waals surface area (Å²) in [5.74, 6) is -0.627. The van der Waals surface area contributed by atoms with E-state index in [9.17, 15) is 9.18 Å². The van der Waals surface area contributed by atoms with E-state index in [1.807, 2.05) is 12.1 Å². The largest absolute Gasteiger partial charge is 0.360 e. The van der Waals surface area contributed by atoms with Crippen molar-refractivity contribution in [3.8, 4) is 11.3 Å². The van der Waals surface area contributed by atoms with Gasteiger partial charge in [-0.15, -0.1) is 0 Å². The van der Waals surface area contributed by atoms with Crippen LogP contribution < -0.4 is 0 Å². The maximum Gasteiger partial charge on any atom is 0.259 e. The number of hydrogen-bond acceptors (Lipinski definition) is 3. The summed E-state index contributed by atoms with van der Waals surface area (Å²) in [6.45, 7) is 1.93. The second-order valence-corrected chi connectivity index (χ2v) is 6.69. The van der Waals surface area contributed by atoms with Gasteiger partial charge in [0.05, 0.1) is 10.6 Å². The smallest absolute Gasteiger partial charge is 0.259 e. The van der Waals surface area contributed by atoms with Crippen LogP contribution in [0.25, 0.3) is 11.3 Å². The summed E-state index contributed by atoms with van der Waals surface area (Å²) >= 11 is 12.1. The molecule has 0 fully saturated rings. The summed E-state index contributed by atoms with van der Waals surface area (Å²) in [5, 5.41) is 4.61. The monoisotopic (exact) mass is 392 g/mol. The van der Waals surface area contributed by atoms with Crippen molar-refractivity contribution in [2.24, 2.45) is 0 Å². The Bertz CT molecular complexity index is 952. The number of rotatable bonds is 4. The van der Waals surface area contributed by atoms with Crippen molar-refractivity contribution in [2.75, 3.05) is 7.05 Å². The van der Waals surface area contributed by atoms with Gasteiger partial charge in [0.15, 0.2) is 0 Å². The van der Waals surface area contributed by atoms with Crippen molar-refractivity contribution in [2.45, 2.75) is 13.5 Å². The number of amides is 1. The molecule has 1 amide bonds. The topological polar surface area (TPSA) is 46.3 Å². The summed E-state index contributed by atoms with van der Waals surface area (Å²) in [7, 11) is 1.64. The van der Waals surface area contributed by atoms with Crippen LogP contribution in [0.15, 0.2) is 47.0 Å². The summed E-state index contributed by atoms with van der Waals surface area (Å²) in [4.78, 5) is 14.4. The van der Waals surface area contributed by atoms with Crippen molar-refractivity contribution in [1.82, 2.24) is 10.1 Å². The average molecular weight is 393 g/mol. The molecule has 0 aliphatic rings. The molecule has 0 unspecified atom stereocenters. The summed E-state index contributed by atoms with van der Waals surface area (Å²) in [6, 6.07) is 11.5. The molecule has 0 aliphatic carbocycles. The average Bonchev–Trinajstić information content (AvgIpc) is 2.95. The van der Waals surface area contributed by atoms with Crippen LogP contribution >= 0.6 is 23.2 Å². The highest BCUT2D eigenvalue weighted by atomic mass is 35.5. The van der Waals surface area contributed by atoms with Crippen molar-refractivity contribution < 1.29 is 13.7 Å². The number of halogens is 3. The number of nitrogens with zero attached hydrogens (tertiary/aromatic N) is 2. The lowest BCUT2D eigenvalue weighted by Gasteiger charge is -2.18. The SMILES string of the molecule is Cc1onc(-c2c(F)cccc2Cl)c1C(=O)N(C)Cc1cccc(Cl)c1. The first-order valence-corrected chi connectivity index (χ1v) is 8.54. The second-order valence-electron chi connectivity index (χ2n) is 5.85. The van der Waals surface area contributed by atoms with E-state index in [1.54, 1.807) is 26.1 Å². The Kier molecular flexibility index (Phi) is 5.30. The first-order chi connectivity index (χ1) is 12.4. The predicted molar refractivity (Wildman–Crippen MR) is 98.9 cm³/mol. The van der Waals surface area contributed by atoms with Crippen LogP contribution in [0.2, 0.25) is 10.0 Å². The van der Waals surface area contributed by atoms with Gasteiger partial charge in [0.2, 0.25) is 0 Å². The highest BCUT2D eigenvalue weighted by Crippen LogP contribution is 2.34. The molecule has 0 aliphatic heterocycles. The number of hydrogen-bond donors (Lipinski definition) is 0. The van der Waals surface area contributed by atoms with E-state index in [4.69, 9.17) is 27.7 Å². The highest BCUT2D eigenvalue weighted by molar-refractivity contribution is 6.33. The molecule has 3 rings (SSSR count). The molecule has 2 aromatic carbocycles. The Hall–Kier alpha value is -2.37. The lowest BCUT2D eigenvalue weighted by molar-refractivity contribution is 0.0784. The van der Waals surface area contributed by atoms with Gasteiger partial charge < -0.3 is 9.42 Å². The molecule has 1 heterocycles. The van der Waals surface area contributed by atoms with Gasteiger partial charge in [-0.3, -0.25) is 4.79 Å². The lowest BCUT2D eigenvalue weighted by atomic mass is 10.0. The molecule has 0 N–H and O–H groups in total. The lowest BCUT2D eigenvalue weighted by Crippen LogP contribution is -2.27. The van der Waals surface area contributed by atoms with Crippen molar-refractivity contribution in [3.05, 3.63) is 75.2 Å². The minimum Gasteiger partial charge on any atom is -0.360 e. The predicted octanol–water partition coefficient (Wildman–Crippen LogP) is 5.37. The highest BCUT2D eigenvalue weighted by Gasteiger charge is 2.27. The fourth-order valence-corrected chi connectivity index (χ4v) is 3.16. The molecule has 0 atom stereocenters. The molecule has 0 saturated heterocycles. The Balaban J connectivity index is 1.97. The Morgan fingerprint density at radius 2 is 1.96 bits per heavy atom. The van der Waals surface area contributed by atoms with Gasteiger partial charge in [-0.05, 0) is 36.8 Å². The molecule has 7 heteroatoms. The van der Waals surface area contributed by atoms with Gasteiger partial charge in [-0.2, -0.15) is 0 Å². The second kappa shape index (κ2) is 7.48. The van der Waals surface area contributed by atoms with Crippen molar-refractivity contribution in [1.29, 1.82) is 0 Å². The third kappa shape index (κ3) is 3.59. The van der Waals surface area contributed by atoms with Crippen molar-refractivity contribution in [3.63, 3.8) is 0 Å². The quantitative estimate of drug-likeness (QED) is 0.599. The van der Waals surface area contributed by atoms with E-state index in [1.165, 1.54) is 23.1 Å². The van der Waals surface area contributed by atoms with Gasteiger partial charge in [0, 0.05) is 18.6 Å². The van der Waals surface area contributed by atoms with E-state index < -0.39 is 5.82 Å². The number of aromatic nitrogens is 1. The van der Waals surface area contributed by atoms with E-state index in [0.29, 0.717) is 17.3 Å². The molecule has 0 saturated carbocycles. The van der Waals surface area contributed by atoms with Gasteiger partial charge in [0.25, 0.3) is 5.91 Å². The van der Waals surface area contributed by atoms with E-state index in [2.05, 4.69) is 5.16 Å². The van der Waals surface area contributed by atoms with E-state index in [0.717, 1.165) is 5.56 Å². The summed E-state index contributed by atoms with van der Waals surface area (Å²) in [5.41, 5.74) is 1.19. The minimum atomic E-state index is -0.572. The summed E-state index contributed by atoms with van der Waals surface area (Å²) in [6.07, 6.45) is 0. The molecular weight excluding hydrogens is 378 g/mol. The normalized spacial score (nSPS) is 10.8. The van der Waals surface area contributed by atoms with Crippen molar-refractivity contribution >= 4 is 29.1 Å². The Morgan fingerprint density at radius 3 is 2.65 bits per heavy atom. The molecular formula is C19H15Cl2FN2O2. The maximum absolute atomic E-state index is 14.3. The first kappa shape index (κ1) is 18.4. The van der Waals surface area contributed by atoms with Gasteiger partial charge in [0.1, 0.15) is 22.8 Å². The number of aryl methyl sites for hydroxylation is 1. The van der Waals surface area contributed by atoms with Crippen LogP contribution in [0.1, 0.15) is 21.7 Å². The third-order valence-corrected chi connectivity index (χ3v) is 4.48. The van der Waals surface area contributed by atoms with Crippen LogP contribution in [0.5, 0.6) is 0 Å². The zero-order chi connectivity index (χ0) is 18.8. The van der Waals surface area contributed by atoms with Gasteiger partial charge >= 0.3 is 0 Å². The molecule has 26 heavy (non-hydrogen) atoms. The minimum absolute atomic E-state index is 0.0468. The van der Waals surface area contributed by atoms with Crippen LogP contribution in [-0.4, -0.2) is 23.0 Å². The molecule has 134 valence electrons. The van der Waals surface area contributed by atoms with Crippen LogP contribution in [-0.2, 0) is 6.54 Å². The standard InChI is InChI=1S/C19H15Cl2FN2O2/c1-11-16(18(23-26-11)17-14(21)7-4-8-15(17)22)19(25)24(2)10-12-5-3-6-13(20)9-12/h3-9H,10H2,1-2H3. The van der Waals surface area contributed by atoms with E-state index in [-0.39, 0.29) is 27.8 Å². The molecule has 0 bridgehead atoms. The zero-order valence-corrected chi connectivity index (χ0v) is 15.6. The maximum atomic E-state index is 14.3. The molecule has 3 aromatic rings. The Morgan fingerprint density at radius 1 is 1.23 bits per heavy atom. The van der Waals surface area contributed by atoms with Crippen LogP contribution in [0.3, 0.4) is 0 Å². The zero-order valence-electron chi connectivity index (χ0n) is 14.1. The molecule has 0 spiro atoms. The molecule has 0 radical (unpaired) electrons. The fraction of sp³-hybridized carbons (Fsp3) is 0.158. The van der Waals surface area contributed by atoms with E-state index >= 15 is 0 Å². The molecule has 1 aromatic heterocycles. The Labute approximate surface area is 160 Å². The number of carbonyl (C=O) groups is 1. The first-order valence-electron chi connectivity index (χ1n) is 7.79. The fourth-order valence-electron chi connectivity index (χ4n) is 2.69. The third-order valence-electron chi connectivity index (χ3n) is 3.93. The van der Waals surface area contributed by atoms with Crippen LogP contribution in [0, 0.1) is 12.7 Å². The van der Waals surface area contributed by atoms with Crippen LogP contribution in [0.4, 0.5) is 4.39 Å². The summed E-state index contributed by atoms with van der Waals surface area (Å²) < 4.78 is 19.4. The van der Waals surface area contributed by atoms with Gasteiger partial charge in [-0.1, -0.05) is 46.6 Å². The van der Waals surface area contributed by atoms with Gasteiger partial charge in [-0.25, -0.2) is 4.39 Å². The number of benzene rings is 2. The molecule has 4 nitrogen and oxygen atoms in total. The number of carbonyl (C=O) groups excluding carboxylic acids is 1.